The van der Waals surface area contributed by atoms with E-state index in [9.17, 15) is 145 Å². The monoisotopic (exact) mass is 2040 g/mol. The number of carbonyl (C=O) groups is 26. The van der Waals surface area contributed by atoms with E-state index in [4.69, 9.17) is 33.8 Å². The van der Waals surface area contributed by atoms with E-state index in [0.29, 0.717) is 25.7 Å². The molecule has 808 valence electrons. The molecule has 0 aliphatic carbocycles. The summed E-state index contributed by atoms with van der Waals surface area (Å²) in [5.41, 5.74) is 28.2. The van der Waals surface area contributed by atoms with Gasteiger partial charge in [-0.15, -0.1) is 0 Å². The predicted octanol–water partition coefficient (Wildman–Crippen LogP) is -11.2. The zero-order valence-electron chi connectivity index (χ0n) is 82.9. The zero-order chi connectivity index (χ0) is 110. The largest absolute Gasteiger partial charge is 0.481 e. The molecule has 0 aliphatic heterocycles. The van der Waals surface area contributed by atoms with Crippen molar-refractivity contribution in [2.24, 2.45) is 28.7 Å². The molecular formula is C86H148N26O31. The van der Waals surface area contributed by atoms with E-state index in [-0.39, 0.29) is 84.0 Å². The molecule has 0 fully saturated rings. The Bertz CT molecular complexity index is 4380. The minimum Gasteiger partial charge on any atom is -0.481 e. The molecule has 0 rings (SSSR count). The van der Waals surface area contributed by atoms with Gasteiger partial charge in [-0.2, -0.15) is 0 Å². The number of unbranched alkanes of at least 4 members (excludes halogenated alkanes) is 4. The van der Waals surface area contributed by atoms with Gasteiger partial charge in [-0.3, -0.25) is 125 Å². The van der Waals surface area contributed by atoms with Gasteiger partial charge in [-0.25, -0.2) is 0 Å². The van der Waals surface area contributed by atoms with Crippen LogP contribution in [0.5, 0.6) is 0 Å². The zero-order valence-corrected chi connectivity index (χ0v) is 82.9. The standard InChI is InChI=1S/C86H148N26O31/c1-39(91)65(121)105-57(27-31-61(113)114)79(135)100-44(6)70(126)92-41(3)67(123)97-49(11)75(131)107-54(24-16-20-36-88)83(139)111-59(29-33-63(117)118)81(137)102-46(8)72(128)94-43(5)69(125)99-51(13)77(133)109-56(26-18-22-38-90)85(141)112-60(30-34-64(119)120)82(138)103-47(9)73(129)95-42(4)68(124)98-50(12)76(132)108-55(25-17-21-37-89)84(140)110-58(28-32-62(115)116)80(136)101-45(7)71(127)93-40(2)66(122)96-48(10)74(130)106-53(23-15-19-35-87)78(134)104-52(14)86(142)143/h39-60H,15-38,87-91H2,1-14H3,(H,92,126)(H,93,127)(H,94,128)(H,95,129)(H,96,122)(H,97,123)(H,98,124)(H,99,125)(H,100,135)(H,101,136)(H,102,137)(H,103,138)(H,104,134)(H,105,121)(H,106,130)(H,107,131)(H,108,132)(H,109,133)(H,110,140)(H,111,139)(H,112,141)(H,113,114)(H,115,116)(H,117,118)(H,119,120)(H,142,143)/t39-,40-,41-,42-,43-,44-,45-,46-,47-,48-,49-,50-,51-,52-,53-,54-,55-,56-,57-,58-,59-,60-/m0/s1. The van der Waals surface area contributed by atoms with Gasteiger partial charge < -0.3 is 166 Å². The highest BCUT2D eigenvalue weighted by atomic mass is 16.4. The second-order valence-electron chi connectivity index (χ2n) is 34.5. The summed E-state index contributed by atoms with van der Waals surface area (Å²) in [6.07, 6.45) is -2.97. The third-order valence-corrected chi connectivity index (χ3v) is 21.6. The number of hydrogen-bond acceptors (Lipinski definition) is 31. The van der Waals surface area contributed by atoms with Crippen LogP contribution in [0.1, 0.15) is 225 Å². The lowest BCUT2D eigenvalue weighted by molar-refractivity contribution is -0.142. The number of aliphatic carboxylic acids is 5. The molecule has 0 spiro atoms. The maximum atomic E-state index is 14.1. The molecule has 0 bridgehead atoms. The molecule has 57 heteroatoms. The van der Waals surface area contributed by atoms with Gasteiger partial charge in [0.25, 0.3) is 0 Å². The van der Waals surface area contributed by atoms with Crippen molar-refractivity contribution in [1.29, 1.82) is 0 Å². The number of rotatable bonds is 71. The van der Waals surface area contributed by atoms with Crippen LogP contribution in [-0.2, 0) is 125 Å². The molecular weight excluding hydrogens is 1890 g/mol. The van der Waals surface area contributed by atoms with E-state index in [2.05, 4.69) is 112 Å². The second-order valence-corrected chi connectivity index (χ2v) is 34.5. The van der Waals surface area contributed by atoms with Crippen LogP contribution >= 0.6 is 0 Å². The van der Waals surface area contributed by atoms with Crippen molar-refractivity contribution in [3.63, 3.8) is 0 Å². The lowest BCUT2D eigenvalue weighted by Crippen LogP contribution is -2.60. The van der Waals surface area contributed by atoms with Crippen LogP contribution in [0.2, 0.25) is 0 Å². The highest BCUT2D eigenvalue weighted by Crippen LogP contribution is 2.13. The van der Waals surface area contributed by atoms with Crippen molar-refractivity contribution >= 4 is 154 Å². The Hall–Kier alpha value is -14.0. The van der Waals surface area contributed by atoms with Gasteiger partial charge in [0.1, 0.15) is 127 Å². The number of carboxylic acid groups (broad SMARTS) is 5. The molecule has 0 aromatic rings. The number of nitrogens with two attached hydrogens (primary N) is 5. The first kappa shape index (κ1) is 129. The highest BCUT2D eigenvalue weighted by Gasteiger charge is 2.39. The van der Waals surface area contributed by atoms with Crippen LogP contribution in [0.25, 0.3) is 0 Å². The second kappa shape index (κ2) is 67.4. The van der Waals surface area contributed by atoms with E-state index < -0.39 is 332 Å². The molecule has 0 unspecified atom stereocenters. The number of nitrogens with one attached hydrogen (secondary N) is 21. The van der Waals surface area contributed by atoms with E-state index in [1.165, 1.54) is 83.1 Å². The van der Waals surface area contributed by atoms with Gasteiger partial charge in [0, 0.05) is 25.7 Å². The summed E-state index contributed by atoms with van der Waals surface area (Å²) in [5.74, 6) is -27.7. The van der Waals surface area contributed by atoms with E-state index >= 15 is 0 Å². The molecule has 143 heavy (non-hydrogen) atoms. The highest BCUT2D eigenvalue weighted by molar-refractivity contribution is 6.03. The fourth-order valence-corrected chi connectivity index (χ4v) is 12.6. The smallest absolute Gasteiger partial charge is 0.325 e. The Kier molecular flexibility index (Phi) is 60.8. The fraction of sp³-hybridized carbons (Fsp3) is 0.698. The van der Waals surface area contributed by atoms with Gasteiger partial charge in [-0.05, 0) is 226 Å². The molecule has 0 aromatic carbocycles. The lowest BCUT2D eigenvalue weighted by atomic mass is 10.1. The average Bonchev–Trinajstić information content (AvgIpc) is 0.854. The molecule has 0 saturated carbocycles. The van der Waals surface area contributed by atoms with Crippen molar-refractivity contribution in [3.8, 4) is 0 Å². The fourth-order valence-electron chi connectivity index (χ4n) is 12.6. The summed E-state index contributed by atoms with van der Waals surface area (Å²) >= 11 is 0. The molecule has 36 N–H and O–H groups in total. The maximum absolute atomic E-state index is 14.1. The molecule has 21 amide bonds. The number of carbonyl (C=O) groups excluding carboxylic acids is 21. The van der Waals surface area contributed by atoms with Crippen molar-refractivity contribution in [3.05, 3.63) is 0 Å². The first-order valence-corrected chi connectivity index (χ1v) is 46.8. The van der Waals surface area contributed by atoms with Crippen LogP contribution < -0.4 is 140 Å². The van der Waals surface area contributed by atoms with E-state index in [0.717, 1.165) is 13.8 Å². The predicted molar refractivity (Wildman–Crippen MR) is 505 cm³/mol. The molecule has 0 saturated heterocycles. The van der Waals surface area contributed by atoms with Gasteiger partial charge in [0.05, 0.1) is 6.04 Å². The quantitative estimate of drug-likeness (QED) is 0.0251. The Labute approximate surface area is 825 Å². The SMILES string of the molecule is C[C@H](N)C(=O)N[C@@H](CCC(=O)O)C(=O)N[C@@H](C)C(=O)N[C@@H](C)C(=O)N[C@@H](C)C(=O)N[C@@H](CCCCN)C(=O)N[C@@H](CCC(=O)O)C(=O)N[C@@H](C)C(=O)N[C@@H](C)C(=O)N[C@@H](C)C(=O)N[C@@H](CCCCN)C(=O)N[C@@H](CCC(=O)O)C(=O)N[C@@H](C)C(=O)N[C@@H](C)C(=O)N[C@@H](C)C(=O)N[C@@H](CCCCN)C(=O)N[C@@H](CCC(=O)O)C(=O)N[C@@H](C)C(=O)N[C@@H](C)C(=O)N[C@@H](C)C(=O)N[C@@H](CCCCN)C(=O)N[C@@H](C)C(=O)O. The third-order valence-electron chi connectivity index (χ3n) is 21.6. The lowest BCUT2D eigenvalue weighted by Gasteiger charge is -2.26. The molecule has 0 aromatic heterocycles. The molecule has 22 atom stereocenters. The average molecular weight is 2040 g/mol. The van der Waals surface area contributed by atoms with Crippen LogP contribution in [0, 0.1) is 0 Å². The van der Waals surface area contributed by atoms with Gasteiger partial charge in [-0.1, -0.05) is 0 Å². The van der Waals surface area contributed by atoms with Crippen molar-refractivity contribution < 1.29 is 150 Å². The minimum absolute atomic E-state index is 0.0657. The summed E-state index contributed by atoms with van der Waals surface area (Å²) in [6, 6.07) is -32.2. The first-order chi connectivity index (χ1) is 66.8. The molecule has 0 radical (unpaired) electrons. The molecule has 0 heterocycles. The van der Waals surface area contributed by atoms with Gasteiger partial charge in [0.2, 0.25) is 124 Å². The Morgan fingerprint density at radius 2 is 0.287 bits per heavy atom. The summed E-state index contributed by atoms with van der Waals surface area (Å²) in [6.45, 7) is 17.5. The Morgan fingerprint density at radius 1 is 0.168 bits per heavy atom. The Balaban J connectivity index is 6.28. The van der Waals surface area contributed by atoms with E-state index in [1.807, 2.05) is 0 Å². The van der Waals surface area contributed by atoms with Gasteiger partial charge >= 0.3 is 29.8 Å². The van der Waals surface area contributed by atoms with Gasteiger partial charge in [0.15, 0.2) is 0 Å². The summed E-state index contributed by atoms with van der Waals surface area (Å²) in [4.78, 5) is 342. The van der Waals surface area contributed by atoms with Crippen molar-refractivity contribution in [2.45, 2.75) is 358 Å². The summed E-state index contributed by atoms with van der Waals surface area (Å²) in [7, 11) is 0. The maximum Gasteiger partial charge on any atom is 0.325 e. The molecule has 57 nitrogen and oxygen atoms in total. The molecule has 0 aliphatic rings. The summed E-state index contributed by atoms with van der Waals surface area (Å²) in [5, 5.41) is 96.8. The van der Waals surface area contributed by atoms with Crippen LogP contribution in [0.15, 0.2) is 0 Å². The number of amides is 21. The first-order valence-electron chi connectivity index (χ1n) is 46.8. The Morgan fingerprint density at radius 3 is 0.427 bits per heavy atom. The van der Waals surface area contributed by atoms with Crippen LogP contribution in [0.4, 0.5) is 0 Å². The topological polar surface area (TPSA) is 928 Å². The third kappa shape index (κ3) is 51.8. The number of carboxylic acids is 5. The minimum atomic E-state index is -1.74. The van der Waals surface area contributed by atoms with Crippen molar-refractivity contribution in [2.75, 3.05) is 26.2 Å². The van der Waals surface area contributed by atoms with Crippen LogP contribution in [0.3, 0.4) is 0 Å². The normalized spacial score (nSPS) is 15.6. The number of hydrogen-bond donors (Lipinski definition) is 31. The van der Waals surface area contributed by atoms with E-state index in [1.54, 1.807) is 0 Å². The van der Waals surface area contributed by atoms with Crippen molar-refractivity contribution in [1.82, 2.24) is 112 Å². The summed E-state index contributed by atoms with van der Waals surface area (Å²) < 4.78 is 0. The van der Waals surface area contributed by atoms with Crippen LogP contribution in [-0.4, -0.2) is 339 Å².